The van der Waals surface area contributed by atoms with Crippen molar-refractivity contribution in [3.05, 3.63) is 59.0 Å². The van der Waals surface area contributed by atoms with Crippen LogP contribution in [0.5, 0.6) is 5.88 Å². The molecule has 3 aromatic heterocycles. The summed E-state index contributed by atoms with van der Waals surface area (Å²) in [5, 5.41) is 1.06. The van der Waals surface area contributed by atoms with Gasteiger partial charge in [0.1, 0.15) is 15.4 Å². The smallest absolute Gasteiger partial charge is 0.235 e. The van der Waals surface area contributed by atoms with E-state index in [9.17, 15) is 0 Å². The summed E-state index contributed by atoms with van der Waals surface area (Å²) >= 11 is 1.61. The van der Waals surface area contributed by atoms with Crippen molar-refractivity contribution in [2.45, 2.75) is 45.8 Å². The molecule has 1 aliphatic rings. The van der Waals surface area contributed by atoms with Crippen LogP contribution in [0.2, 0.25) is 0 Å². The molecule has 29 heavy (non-hydrogen) atoms. The molecule has 5 rings (SSSR count). The van der Waals surface area contributed by atoms with Gasteiger partial charge in [-0.1, -0.05) is 30.3 Å². The van der Waals surface area contributed by atoms with E-state index in [4.69, 9.17) is 19.4 Å². The fraction of sp³-hybridized carbons (Fsp3) is 0.348. The van der Waals surface area contributed by atoms with E-state index in [0.29, 0.717) is 24.9 Å². The van der Waals surface area contributed by atoms with Crippen molar-refractivity contribution in [1.82, 2.24) is 15.0 Å². The van der Waals surface area contributed by atoms with Gasteiger partial charge in [0, 0.05) is 23.8 Å². The molecule has 0 saturated heterocycles. The Labute approximate surface area is 173 Å². The highest BCUT2D eigenvalue weighted by molar-refractivity contribution is 7.25. The summed E-state index contributed by atoms with van der Waals surface area (Å²) in [7, 11) is 0. The monoisotopic (exact) mass is 405 g/mol. The lowest BCUT2D eigenvalue weighted by Gasteiger charge is -2.30. The maximum Gasteiger partial charge on any atom is 0.235 e. The molecule has 4 heterocycles. The Morgan fingerprint density at radius 3 is 2.79 bits per heavy atom. The standard InChI is InChI=1S/C23H23N3O2S/c1-14-24-19-17-11-16-13-28-23(2,3)12-18(16)26-22(17)29-20(19)21(25-14)27-10-9-15-7-5-4-6-8-15/h4-8,11H,9-10,12-13H2,1-3H3. The molecular weight excluding hydrogens is 382 g/mol. The zero-order valence-corrected chi connectivity index (χ0v) is 17.7. The van der Waals surface area contributed by atoms with Crippen LogP contribution >= 0.6 is 11.3 Å². The maximum absolute atomic E-state index is 6.10. The zero-order valence-electron chi connectivity index (χ0n) is 16.9. The van der Waals surface area contributed by atoms with E-state index in [1.807, 2.05) is 25.1 Å². The third-order valence-electron chi connectivity index (χ3n) is 5.24. The Hall–Kier alpha value is -2.57. The highest BCUT2D eigenvalue weighted by Crippen LogP contribution is 2.39. The van der Waals surface area contributed by atoms with Gasteiger partial charge in [-0.3, -0.25) is 0 Å². The van der Waals surface area contributed by atoms with Gasteiger partial charge < -0.3 is 9.47 Å². The van der Waals surface area contributed by atoms with Crippen LogP contribution < -0.4 is 4.74 Å². The summed E-state index contributed by atoms with van der Waals surface area (Å²) < 4.78 is 13.0. The number of aromatic nitrogens is 3. The molecule has 0 unspecified atom stereocenters. The molecule has 0 saturated carbocycles. The summed E-state index contributed by atoms with van der Waals surface area (Å²) in [6.45, 7) is 7.30. The van der Waals surface area contributed by atoms with Crippen LogP contribution in [0.15, 0.2) is 36.4 Å². The highest BCUT2D eigenvalue weighted by Gasteiger charge is 2.28. The lowest BCUT2D eigenvalue weighted by atomic mass is 9.95. The summed E-state index contributed by atoms with van der Waals surface area (Å²) in [5.41, 5.74) is 4.28. The van der Waals surface area contributed by atoms with E-state index in [2.05, 4.69) is 37.0 Å². The SMILES string of the molecule is Cc1nc(OCCc2ccccc2)c2sc3nc4c(cc3c2n1)COC(C)(C)C4. The first-order valence-electron chi connectivity index (χ1n) is 9.89. The van der Waals surface area contributed by atoms with Gasteiger partial charge in [0.2, 0.25) is 5.88 Å². The van der Waals surface area contributed by atoms with Gasteiger partial charge in [0.25, 0.3) is 0 Å². The highest BCUT2D eigenvalue weighted by atomic mass is 32.1. The van der Waals surface area contributed by atoms with Crippen LogP contribution in [0.4, 0.5) is 0 Å². The van der Waals surface area contributed by atoms with Crippen molar-refractivity contribution < 1.29 is 9.47 Å². The van der Waals surface area contributed by atoms with Gasteiger partial charge in [-0.2, -0.15) is 4.98 Å². The topological polar surface area (TPSA) is 57.1 Å². The third-order valence-corrected chi connectivity index (χ3v) is 6.32. The number of thiophene rings is 1. The van der Waals surface area contributed by atoms with Gasteiger partial charge >= 0.3 is 0 Å². The van der Waals surface area contributed by atoms with E-state index < -0.39 is 0 Å². The molecule has 1 aromatic carbocycles. The van der Waals surface area contributed by atoms with E-state index in [0.717, 1.165) is 44.5 Å². The average molecular weight is 406 g/mol. The predicted molar refractivity (Wildman–Crippen MR) is 116 cm³/mol. The molecule has 6 heteroatoms. The van der Waals surface area contributed by atoms with Crippen molar-refractivity contribution >= 4 is 31.8 Å². The first-order chi connectivity index (χ1) is 14.0. The average Bonchev–Trinajstić information content (AvgIpc) is 3.04. The fourth-order valence-corrected chi connectivity index (χ4v) is 4.80. The second-order valence-electron chi connectivity index (χ2n) is 8.11. The minimum Gasteiger partial charge on any atom is -0.476 e. The predicted octanol–water partition coefficient (Wildman–Crippen LogP) is 5.02. The Bertz CT molecular complexity index is 1200. The molecule has 0 bridgehead atoms. The quantitative estimate of drug-likeness (QED) is 0.477. The minimum atomic E-state index is -0.174. The summed E-state index contributed by atoms with van der Waals surface area (Å²) in [6, 6.07) is 12.5. The first-order valence-corrected chi connectivity index (χ1v) is 10.7. The second kappa shape index (κ2) is 7.04. The third kappa shape index (κ3) is 3.58. The summed E-state index contributed by atoms with van der Waals surface area (Å²) in [4.78, 5) is 15.2. The van der Waals surface area contributed by atoms with Crippen LogP contribution in [0, 0.1) is 6.92 Å². The van der Waals surface area contributed by atoms with Gasteiger partial charge in [0.15, 0.2) is 0 Å². The molecular formula is C23H23N3O2S. The van der Waals surface area contributed by atoms with E-state index >= 15 is 0 Å². The number of ether oxygens (including phenoxy) is 2. The van der Waals surface area contributed by atoms with Crippen LogP contribution in [0.25, 0.3) is 20.4 Å². The first kappa shape index (κ1) is 18.5. The Morgan fingerprint density at radius 2 is 1.97 bits per heavy atom. The van der Waals surface area contributed by atoms with Gasteiger partial charge in [-0.15, -0.1) is 11.3 Å². The van der Waals surface area contributed by atoms with Crippen LogP contribution in [0.3, 0.4) is 0 Å². The van der Waals surface area contributed by atoms with Crippen LogP contribution in [0.1, 0.15) is 36.5 Å². The Kier molecular flexibility index (Phi) is 4.48. The van der Waals surface area contributed by atoms with Crippen LogP contribution in [-0.2, 0) is 24.2 Å². The van der Waals surface area contributed by atoms with Crippen LogP contribution in [-0.4, -0.2) is 27.2 Å². The molecule has 0 spiro atoms. The van der Waals surface area contributed by atoms with Crippen molar-refractivity contribution in [2.75, 3.05) is 6.61 Å². The van der Waals surface area contributed by atoms with Crippen molar-refractivity contribution in [3.63, 3.8) is 0 Å². The molecule has 0 fully saturated rings. The molecule has 0 amide bonds. The summed E-state index contributed by atoms with van der Waals surface area (Å²) in [6.07, 6.45) is 1.66. The molecule has 1 aliphatic heterocycles. The van der Waals surface area contributed by atoms with Crippen molar-refractivity contribution in [2.24, 2.45) is 0 Å². The second-order valence-corrected chi connectivity index (χ2v) is 9.11. The van der Waals surface area contributed by atoms with Crippen molar-refractivity contribution in [3.8, 4) is 5.88 Å². The van der Waals surface area contributed by atoms with Gasteiger partial charge in [0.05, 0.1) is 30.0 Å². The molecule has 148 valence electrons. The maximum atomic E-state index is 6.10. The number of rotatable bonds is 4. The summed E-state index contributed by atoms with van der Waals surface area (Å²) in [5.74, 6) is 1.36. The number of fused-ring (bicyclic) bond motifs is 4. The number of hydrogen-bond acceptors (Lipinski definition) is 6. The molecule has 0 radical (unpaired) electrons. The zero-order chi connectivity index (χ0) is 20.0. The largest absolute Gasteiger partial charge is 0.476 e. The fourth-order valence-electron chi connectivity index (χ4n) is 3.74. The number of nitrogens with zero attached hydrogens (tertiary/aromatic N) is 3. The van der Waals surface area contributed by atoms with E-state index in [-0.39, 0.29) is 5.60 Å². The van der Waals surface area contributed by atoms with Gasteiger partial charge in [-0.25, -0.2) is 9.97 Å². The Morgan fingerprint density at radius 1 is 1.14 bits per heavy atom. The normalized spacial score (nSPS) is 15.6. The molecule has 0 aliphatic carbocycles. The lowest BCUT2D eigenvalue weighted by molar-refractivity contribution is -0.0411. The Balaban J connectivity index is 1.51. The number of pyridine rings is 1. The molecule has 5 nitrogen and oxygen atoms in total. The lowest BCUT2D eigenvalue weighted by Crippen LogP contribution is -2.32. The molecule has 4 aromatic rings. The minimum absolute atomic E-state index is 0.174. The number of benzene rings is 1. The number of hydrogen-bond donors (Lipinski definition) is 0. The number of aryl methyl sites for hydroxylation is 1. The van der Waals surface area contributed by atoms with Crippen molar-refractivity contribution in [1.29, 1.82) is 0 Å². The van der Waals surface area contributed by atoms with E-state index in [1.54, 1.807) is 11.3 Å². The van der Waals surface area contributed by atoms with Gasteiger partial charge in [-0.05, 0) is 32.4 Å². The van der Waals surface area contributed by atoms with E-state index in [1.165, 1.54) is 5.56 Å². The molecule has 0 N–H and O–H groups in total. The molecule has 0 atom stereocenters.